The molecule has 7 nitrogen and oxygen atoms in total. The molecule has 0 aliphatic carbocycles. The third kappa shape index (κ3) is 3.76. The second-order valence-electron chi connectivity index (χ2n) is 8.01. The molecule has 4 heterocycles. The summed E-state index contributed by atoms with van der Waals surface area (Å²) in [7, 11) is 0. The summed E-state index contributed by atoms with van der Waals surface area (Å²) in [4.78, 5) is 15.6. The number of aryl methyl sites for hydroxylation is 1. The van der Waals surface area contributed by atoms with Crippen LogP contribution in [-0.2, 0) is 0 Å². The van der Waals surface area contributed by atoms with Crippen molar-refractivity contribution in [2.45, 2.75) is 46.3 Å². The van der Waals surface area contributed by atoms with Crippen LogP contribution in [0.15, 0.2) is 24.5 Å². The van der Waals surface area contributed by atoms with Crippen LogP contribution in [-0.4, -0.2) is 52.3 Å². The Hall–Kier alpha value is -2.41. The van der Waals surface area contributed by atoms with E-state index in [4.69, 9.17) is 14.2 Å². The molecule has 0 radical (unpaired) electrons. The van der Waals surface area contributed by atoms with Gasteiger partial charge in [0.1, 0.15) is 25.1 Å². The van der Waals surface area contributed by atoms with E-state index in [0.717, 1.165) is 42.5 Å². The van der Waals surface area contributed by atoms with Gasteiger partial charge in [-0.3, -0.25) is 4.90 Å². The van der Waals surface area contributed by atoms with Crippen LogP contribution in [0.25, 0.3) is 0 Å². The van der Waals surface area contributed by atoms with Crippen LogP contribution in [0, 0.1) is 12.3 Å². The van der Waals surface area contributed by atoms with Crippen LogP contribution in [0.2, 0.25) is 0 Å². The Morgan fingerprint density at radius 1 is 1.14 bits per heavy atom. The van der Waals surface area contributed by atoms with Crippen LogP contribution in [0.3, 0.4) is 0 Å². The number of hydrogen-bond donors (Lipinski definition) is 0. The van der Waals surface area contributed by atoms with Gasteiger partial charge in [-0.1, -0.05) is 6.92 Å². The van der Waals surface area contributed by atoms with E-state index < -0.39 is 0 Å². The summed E-state index contributed by atoms with van der Waals surface area (Å²) < 4.78 is 17.4. The molecule has 0 aromatic carbocycles. The highest BCUT2D eigenvalue weighted by atomic mass is 16.6. The predicted molar refractivity (Wildman–Crippen MR) is 105 cm³/mol. The van der Waals surface area contributed by atoms with Gasteiger partial charge < -0.3 is 14.2 Å². The molecule has 28 heavy (non-hydrogen) atoms. The molecular formula is C21H28N4O3. The summed E-state index contributed by atoms with van der Waals surface area (Å²) in [6.45, 7) is 11.6. The lowest BCUT2D eigenvalue weighted by atomic mass is 9.84. The summed E-state index contributed by atoms with van der Waals surface area (Å²) in [5.74, 6) is 2.81. The van der Waals surface area contributed by atoms with Crippen molar-refractivity contribution in [3.8, 4) is 17.4 Å². The van der Waals surface area contributed by atoms with Gasteiger partial charge in [0.2, 0.25) is 0 Å². The number of rotatable bonds is 5. The zero-order chi connectivity index (χ0) is 19.7. The number of ether oxygens (including phenoxy) is 3. The molecule has 0 bridgehead atoms. The Labute approximate surface area is 166 Å². The van der Waals surface area contributed by atoms with Crippen molar-refractivity contribution in [2.24, 2.45) is 5.41 Å². The minimum Gasteiger partial charge on any atom is -0.487 e. The number of pyridine rings is 1. The van der Waals surface area contributed by atoms with Gasteiger partial charge in [0, 0.05) is 18.0 Å². The fourth-order valence-corrected chi connectivity index (χ4v) is 3.84. The van der Waals surface area contributed by atoms with Gasteiger partial charge in [-0.2, -0.15) is 0 Å². The van der Waals surface area contributed by atoms with E-state index in [9.17, 15) is 0 Å². The number of nitrogens with zero attached hydrogens (tertiary/aromatic N) is 4. The number of aromatic nitrogens is 3. The van der Waals surface area contributed by atoms with E-state index in [0.29, 0.717) is 19.1 Å². The quantitative estimate of drug-likeness (QED) is 0.784. The minimum absolute atomic E-state index is 0.0486. The lowest BCUT2D eigenvalue weighted by Crippen LogP contribution is -2.38. The smallest absolute Gasteiger partial charge is 0.257 e. The number of hydrogen-bond acceptors (Lipinski definition) is 7. The second kappa shape index (κ2) is 7.54. The molecule has 1 saturated heterocycles. The highest BCUT2D eigenvalue weighted by molar-refractivity contribution is 5.36. The molecule has 0 amide bonds. The first-order chi connectivity index (χ1) is 13.4. The Balaban J connectivity index is 1.42. The van der Waals surface area contributed by atoms with Crippen molar-refractivity contribution < 1.29 is 14.2 Å². The zero-order valence-electron chi connectivity index (χ0n) is 17.0. The Morgan fingerprint density at radius 2 is 1.89 bits per heavy atom. The van der Waals surface area contributed by atoms with E-state index in [1.54, 1.807) is 12.4 Å². The van der Waals surface area contributed by atoms with Gasteiger partial charge in [0.25, 0.3) is 5.88 Å². The summed E-state index contributed by atoms with van der Waals surface area (Å²) in [5, 5.41) is 0. The normalized spacial score (nSPS) is 24.0. The van der Waals surface area contributed by atoms with Gasteiger partial charge in [0.15, 0.2) is 11.5 Å². The fourth-order valence-electron chi connectivity index (χ4n) is 3.84. The predicted octanol–water partition coefficient (Wildman–Crippen LogP) is 3.19. The van der Waals surface area contributed by atoms with E-state index in [1.165, 1.54) is 0 Å². The average molecular weight is 384 g/mol. The summed E-state index contributed by atoms with van der Waals surface area (Å²) in [6, 6.07) is 4.20. The summed E-state index contributed by atoms with van der Waals surface area (Å²) >= 11 is 0. The molecule has 3 atom stereocenters. The Kier molecular flexibility index (Phi) is 5.10. The second-order valence-corrected chi connectivity index (χ2v) is 8.01. The van der Waals surface area contributed by atoms with Gasteiger partial charge in [-0.05, 0) is 45.9 Å². The van der Waals surface area contributed by atoms with Gasteiger partial charge in [-0.25, -0.2) is 15.0 Å². The molecular weight excluding hydrogens is 356 g/mol. The topological polar surface area (TPSA) is 69.6 Å². The van der Waals surface area contributed by atoms with Crippen molar-refractivity contribution in [2.75, 3.05) is 26.3 Å². The minimum atomic E-state index is 0.0486. The Morgan fingerprint density at radius 3 is 2.68 bits per heavy atom. The van der Waals surface area contributed by atoms with E-state index in [1.807, 2.05) is 19.1 Å². The fraction of sp³-hybridized carbons (Fsp3) is 0.571. The van der Waals surface area contributed by atoms with Crippen molar-refractivity contribution >= 4 is 0 Å². The van der Waals surface area contributed by atoms with E-state index >= 15 is 0 Å². The number of fused-ring (bicyclic) bond motifs is 1. The maximum atomic E-state index is 6.16. The maximum absolute atomic E-state index is 6.16. The van der Waals surface area contributed by atoms with Crippen LogP contribution >= 0.6 is 0 Å². The molecule has 2 aliphatic rings. The third-order valence-electron chi connectivity index (χ3n) is 5.99. The molecule has 2 unspecified atom stereocenters. The molecule has 1 fully saturated rings. The first-order valence-electron chi connectivity index (χ1n) is 9.90. The highest BCUT2D eigenvalue weighted by Gasteiger charge is 2.41. The molecule has 2 aromatic rings. The largest absolute Gasteiger partial charge is 0.487 e. The maximum Gasteiger partial charge on any atom is 0.257 e. The van der Waals surface area contributed by atoms with Crippen molar-refractivity contribution in [3.63, 3.8) is 0 Å². The molecule has 0 N–H and O–H groups in total. The zero-order valence-corrected chi connectivity index (χ0v) is 17.0. The molecule has 150 valence electrons. The van der Waals surface area contributed by atoms with E-state index in [2.05, 4.69) is 40.6 Å². The first kappa shape index (κ1) is 18.9. The standard InChI is InChI=1S/C21H28N4O3/c1-14(18-5-6-19-20(24-18)27-10-9-26-19)25-8-7-21(4,13-25)15(2)28-17-11-22-16(3)23-12-17/h5-6,11-12,14-15H,7-10,13H2,1-4H3/t14?,15?,21-/m1/s1. The molecule has 7 heteroatoms. The summed E-state index contributed by atoms with van der Waals surface area (Å²) in [6.07, 6.45) is 4.62. The lowest BCUT2D eigenvalue weighted by molar-refractivity contribution is 0.0741. The lowest BCUT2D eigenvalue weighted by Gasteiger charge is -2.33. The monoisotopic (exact) mass is 384 g/mol. The van der Waals surface area contributed by atoms with E-state index in [-0.39, 0.29) is 17.6 Å². The average Bonchev–Trinajstić information content (AvgIpc) is 3.12. The van der Waals surface area contributed by atoms with Crippen LogP contribution in [0.4, 0.5) is 0 Å². The van der Waals surface area contributed by atoms with Crippen molar-refractivity contribution in [3.05, 3.63) is 36.0 Å². The highest BCUT2D eigenvalue weighted by Crippen LogP contribution is 2.39. The van der Waals surface area contributed by atoms with Crippen molar-refractivity contribution in [1.29, 1.82) is 0 Å². The molecule has 4 rings (SSSR count). The molecule has 0 spiro atoms. The van der Waals surface area contributed by atoms with Crippen molar-refractivity contribution in [1.82, 2.24) is 19.9 Å². The Bertz CT molecular complexity index is 829. The molecule has 2 aliphatic heterocycles. The van der Waals surface area contributed by atoms with Crippen LogP contribution in [0.1, 0.15) is 44.8 Å². The van der Waals surface area contributed by atoms with Gasteiger partial charge in [-0.15, -0.1) is 0 Å². The SMILES string of the molecule is Cc1ncc(OC(C)[C@]2(C)CCN(C(C)c3ccc4c(n3)OCCO4)C2)cn1. The summed E-state index contributed by atoms with van der Waals surface area (Å²) in [5.41, 5.74) is 1.06. The first-order valence-corrected chi connectivity index (χ1v) is 9.90. The molecule has 2 aromatic heterocycles. The third-order valence-corrected chi connectivity index (χ3v) is 5.99. The van der Waals surface area contributed by atoms with Gasteiger partial charge in [0.05, 0.1) is 18.1 Å². The van der Waals surface area contributed by atoms with Gasteiger partial charge >= 0.3 is 0 Å². The van der Waals surface area contributed by atoms with Crippen LogP contribution in [0.5, 0.6) is 17.4 Å². The molecule has 0 saturated carbocycles. The number of likely N-dealkylation sites (tertiary alicyclic amines) is 1. The van der Waals surface area contributed by atoms with Crippen LogP contribution < -0.4 is 14.2 Å².